The summed E-state index contributed by atoms with van der Waals surface area (Å²) < 4.78 is 5.05. The lowest BCUT2D eigenvalue weighted by atomic mass is 9.99. The van der Waals surface area contributed by atoms with E-state index in [0.717, 1.165) is 18.1 Å². The zero-order valence-electron chi connectivity index (χ0n) is 11.8. The van der Waals surface area contributed by atoms with Crippen LogP contribution in [-0.2, 0) is 17.0 Å². The summed E-state index contributed by atoms with van der Waals surface area (Å²) in [5, 5.41) is 0. The first kappa shape index (κ1) is 15.1. The van der Waals surface area contributed by atoms with Crippen LogP contribution in [-0.4, -0.2) is 19.5 Å². The van der Waals surface area contributed by atoms with Crippen LogP contribution in [0.25, 0.3) is 11.1 Å². The minimum absolute atomic E-state index is 0.574. The Kier molecular flexibility index (Phi) is 6.12. The smallest absolute Gasteiger partial charge is 0.0553 e. The molecule has 106 valence electrons. The number of nitrogens with two attached hydrogens (primary N) is 1. The van der Waals surface area contributed by atoms with Gasteiger partial charge in [-0.3, -0.25) is 0 Å². The van der Waals surface area contributed by atoms with Crippen LogP contribution >= 0.6 is 11.8 Å². The Labute approximate surface area is 125 Å². The number of thioether (sulfide) groups is 1. The van der Waals surface area contributed by atoms with Gasteiger partial charge in [0.1, 0.15) is 0 Å². The summed E-state index contributed by atoms with van der Waals surface area (Å²) in [6.45, 7) is 1.39. The molecule has 0 spiro atoms. The van der Waals surface area contributed by atoms with Gasteiger partial charge in [0.15, 0.2) is 0 Å². The first-order valence-electron chi connectivity index (χ1n) is 6.79. The minimum Gasteiger partial charge on any atom is -0.384 e. The van der Waals surface area contributed by atoms with E-state index in [1.807, 2.05) is 17.8 Å². The van der Waals surface area contributed by atoms with Crippen LogP contribution in [0.4, 0.5) is 0 Å². The van der Waals surface area contributed by atoms with Gasteiger partial charge < -0.3 is 10.5 Å². The van der Waals surface area contributed by atoms with E-state index in [1.54, 1.807) is 7.11 Å². The molecule has 0 heterocycles. The molecule has 0 aliphatic rings. The van der Waals surface area contributed by atoms with Gasteiger partial charge in [-0.05, 0) is 22.3 Å². The predicted octanol–water partition coefficient (Wildman–Crippen LogP) is 3.69. The lowest BCUT2D eigenvalue weighted by Crippen LogP contribution is -1.98. The van der Waals surface area contributed by atoms with Crippen molar-refractivity contribution in [2.45, 2.75) is 12.3 Å². The molecule has 0 amide bonds. The maximum absolute atomic E-state index is 5.80. The highest BCUT2D eigenvalue weighted by Crippen LogP contribution is 2.24. The highest BCUT2D eigenvalue weighted by Gasteiger charge is 2.03. The number of ether oxygens (including phenoxy) is 1. The molecule has 0 fully saturated rings. The lowest BCUT2D eigenvalue weighted by molar-refractivity contribution is 0.218. The highest BCUT2D eigenvalue weighted by atomic mass is 32.2. The molecule has 0 saturated heterocycles. The maximum atomic E-state index is 5.80. The van der Waals surface area contributed by atoms with Crippen LogP contribution in [0, 0.1) is 0 Å². The van der Waals surface area contributed by atoms with Crippen LogP contribution in [0.15, 0.2) is 48.5 Å². The van der Waals surface area contributed by atoms with Gasteiger partial charge in [-0.1, -0.05) is 48.5 Å². The zero-order valence-corrected chi connectivity index (χ0v) is 12.7. The Morgan fingerprint density at radius 3 is 2.50 bits per heavy atom. The molecule has 2 N–H and O–H groups in total. The Morgan fingerprint density at radius 2 is 1.80 bits per heavy atom. The van der Waals surface area contributed by atoms with Gasteiger partial charge in [0.2, 0.25) is 0 Å². The average Bonchev–Trinajstić information content (AvgIpc) is 2.52. The monoisotopic (exact) mass is 287 g/mol. The molecule has 0 aliphatic carbocycles. The van der Waals surface area contributed by atoms with Crippen LogP contribution in [0.5, 0.6) is 0 Å². The normalized spacial score (nSPS) is 10.7. The van der Waals surface area contributed by atoms with E-state index >= 15 is 0 Å². The van der Waals surface area contributed by atoms with Gasteiger partial charge in [0.25, 0.3) is 0 Å². The van der Waals surface area contributed by atoms with Gasteiger partial charge >= 0.3 is 0 Å². The van der Waals surface area contributed by atoms with Gasteiger partial charge in [0.05, 0.1) is 6.61 Å². The third kappa shape index (κ3) is 4.10. The highest BCUT2D eigenvalue weighted by molar-refractivity contribution is 7.98. The molecule has 2 aromatic carbocycles. The van der Waals surface area contributed by atoms with E-state index in [4.69, 9.17) is 10.5 Å². The van der Waals surface area contributed by atoms with Crippen molar-refractivity contribution in [3.8, 4) is 11.1 Å². The first-order chi connectivity index (χ1) is 9.85. The summed E-state index contributed by atoms with van der Waals surface area (Å²) in [6, 6.07) is 17.1. The summed E-state index contributed by atoms with van der Waals surface area (Å²) in [4.78, 5) is 0. The largest absolute Gasteiger partial charge is 0.384 e. The predicted molar refractivity (Wildman–Crippen MR) is 87.8 cm³/mol. The number of methoxy groups -OCH3 is 1. The van der Waals surface area contributed by atoms with E-state index in [1.165, 1.54) is 22.3 Å². The Hall–Kier alpha value is -1.29. The van der Waals surface area contributed by atoms with E-state index in [2.05, 4.69) is 42.5 Å². The van der Waals surface area contributed by atoms with Crippen molar-refractivity contribution in [1.29, 1.82) is 0 Å². The summed E-state index contributed by atoms with van der Waals surface area (Å²) >= 11 is 1.90. The minimum atomic E-state index is 0.574. The van der Waals surface area contributed by atoms with Crippen LogP contribution in [0.3, 0.4) is 0 Å². The fourth-order valence-electron chi connectivity index (χ4n) is 2.09. The molecule has 0 atom stereocenters. The second kappa shape index (κ2) is 8.10. The van der Waals surface area contributed by atoms with Crippen LogP contribution in [0.1, 0.15) is 11.1 Å². The van der Waals surface area contributed by atoms with Gasteiger partial charge in [-0.2, -0.15) is 11.8 Å². The molecule has 2 aromatic rings. The molecule has 3 heteroatoms. The Bertz CT molecular complexity index is 525. The Morgan fingerprint density at radius 1 is 1.05 bits per heavy atom. The molecule has 0 aromatic heterocycles. The second-order valence-electron chi connectivity index (χ2n) is 4.60. The second-order valence-corrected chi connectivity index (χ2v) is 5.71. The number of rotatable bonds is 7. The molecule has 2 nitrogen and oxygen atoms in total. The molecule has 0 unspecified atom stereocenters. The van der Waals surface area contributed by atoms with Crippen LogP contribution in [0.2, 0.25) is 0 Å². The van der Waals surface area contributed by atoms with E-state index < -0.39 is 0 Å². The van der Waals surface area contributed by atoms with Crippen molar-refractivity contribution in [2.75, 3.05) is 19.5 Å². The van der Waals surface area contributed by atoms with E-state index in [9.17, 15) is 0 Å². The fraction of sp³-hybridized carbons (Fsp3) is 0.294. The lowest BCUT2D eigenvalue weighted by Gasteiger charge is -2.09. The zero-order chi connectivity index (χ0) is 14.2. The molecule has 0 saturated carbocycles. The maximum Gasteiger partial charge on any atom is 0.0553 e. The SMILES string of the molecule is COCCSCc1ccc(-c2ccccc2CN)cc1. The molecule has 0 radical (unpaired) electrons. The number of hydrogen-bond donors (Lipinski definition) is 1. The molecular formula is C17H21NOS. The third-order valence-corrected chi connectivity index (χ3v) is 4.20. The van der Waals surface area contributed by atoms with Crippen molar-refractivity contribution >= 4 is 11.8 Å². The summed E-state index contributed by atoms with van der Waals surface area (Å²) in [7, 11) is 1.74. The molecule has 0 aliphatic heterocycles. The third-order valence-electron chi connectivity index (χ3n) is 3.20. The first-order valence-corrected chi connectivity index (χ1v) is 7.94. The quantitative estimate of drug-likeness (QED) is 0.789. The van der Waals surface area contributed by atoms with E-state index in [0.29, 0.717) is 6.54 Å². The average molecular weight is 287 g/mol. The summed E-state index contributed by atoms with van der Waals surface area (Å²) in [5.74, 6) is 2.07. The van der Waals surface area contributed by atoms with Crippen molar-refractivity contribution < 1.29 is 4.74 Å². The molecule has 0 bridgehead atoms. The fourth-order valence-corrected chi connectivity index (χ4v) is 2.95. The topological polar surface area (TPSA) is 35.2 Å². The van der Waals surface area contributed by atoms with Crippen molar-refractivity contribution in [3.63, 3.8) is 0 Å². The number of benzene rings is 2. The summed E-state index contributed by atoms with van der Waals surface area (Å²) in [5.41, 5.74) is 10.8. The van der Waals surface area contributed by atoms with Gasteiger partial charge in [-0.15, -0.1) is 0 Å². The molecule has 2 rings (SSSR count). The van der Waals surface area contributed by atoms with Crippen molar-refractivity contribution in [3.05, 3.63) is 59.7 Å². The standard InChI is InChI=1S/C17H21NOS/c1-19-10-11-20-13-14-6-8-15(9-7-14)17-5-3-2-4-16(17)12-18/h2-9H,10-13,18H2,1H3. The van der Waals surface area contributed by atoms with Gasteiger partial charge in [-0.25, -0.2) is 0 Å². The van der Waals surface area contributed by atoms with Crippen LogP contribution < -0.4 is 5.73 Å². The number of hydrogen-bond acceptors (Lipinski definition) is 3. The van der Waals surface area contributed by atoms with E-state index in [-0.39, 0.29) is 0 Å². The molecular weight excluding hydrogens is 266 g/mol. The Balaban J connectivity index is 2.04. The van der Waals surface area contributed by atoms with Crippen molar-refractivity contribution in [1.82, 2.24) is 0 Å². The van der Waals surface area contributed by atoms with Crippen molar-refractivity contribution in [2.24, 2.45) is 5.73 Å². The van der Waals surface area contributed by atoms with Gasteiger partial charge in [0, 0.05) is 25.2 Å². The molecule has 20 heavy (non-hydrogen) atoms. The summed E-state index contributed by atoms with van der Waals surface area (Å²) in [6.07, 6.45) is 0.